The fourth-order valence-electron chi connectivity index (χ4n) is 5.28. The Kier molecular flexibility index (Phi) is 10.3. The van der Waals surface area contributed by atoms with Gasteiger partial charge < -0.3 is 30.9 Å². The second-order valence-corrected chi connectivity index (χ2v) is 10.6. The van der Waals surface area contributed by atoms with E-state index >= 15 is 4.39 Å². The normalized spacial score (nSPS) is 21.1. The highest BCUT2D eigenvalue weighted by Gasteiger charge is 2.39. The number of aromatic nitrogens is 3. The molecule has 0 amide bonds. The van der Waals surface area contributed by atoms with Crippen LogP contribution < -0.4 is 25.8 Å². The number of anilines is 2. The van der Waals surface area contributed by atoms with Crippen LogP contribution in [0.5, 0.6) is 11.9 Å². The molecule has 10 nitrogen and oxygen atoms in total. The largest absolute Gasteiger partial charge is 0.474 e. The molecule has 0 spiro atoms. The van der Waals surface area contributed by atoms with Crippen LogP contribution in [0.25, 0.3) is 22.2 Å². The Labute approximate surface area is 252 Å². The molecular weight excluding hydrogens is 589 g/mol. The second kappa shape index (κ2) is 13.6. The predicted molar refractivity (Wildman–Crippen MR) is 157 cm³/mol. The number of benzene rings is 1. The number of hydrogen-bond donors (Lipinski definition) is 4. The molecule has 0 radical (unpaired) electrons. The Bertz CT molecular complexity index is 1480. The first-order valence-corrected chi connectivity index (χ1v) is 14.6. The van der Waals surface area contributed by atoms with E-state index in [1.807, 2.05) is 25.8 Å². The Morgan fingerprint density at radius 1 is 1.11 bits per heavy atom. The van der Waals surface area contributed by atoms with Gasteiger partial charge in [-0.05, 0) is 51.9 Å². The molecule has 4 heterocycles. The molecular formula is C29H38F5N7O3. The summed E-state index contributed by atoms with van der Waals surface area (Å²) >= 11 is 0. The van der Waals surface area contributed by atoms with Crippen LogP contribution in [-0.4, -0.2) is 83.0 Å². The van der Waals surface area contributed by atoms with Crippen molar-refractivity contribution in [3.63, 3.8) is 0 Å². The van der Waals surface area contributed by atoms with Gasteiger partial charge in [0.1, 0.15) is 34.8 Å². The molecule has 1 aromatic carbocycles. The number of ether oxygens (including phenoxy) is 2. The first-order valence-electron chi connectivity index (χ1n) is 14.6. The number of aliphatic hydroxyl groups excluding tert-OH is 1. The summed E-state index contributed by atoms with van der Waals surface area (Å²) < 4.78 is 85.5. The summed E-state index contributed by atoms with van der Waals surface area (Å²) in [4.78, 5) is 14.7. The van der Waals surface area contributed by atoms with Crippen molar-refractivity contribution in [1.29, 1.82) is 0 Å². The summed E-state index contributed by atoms with van der Waals surface area (Å²) in [6.45, 7) is 8.75. The SMILES string of the molecule is CC.Cc1c(F)c(N)cc(-c2nc3c4c(nc(OCC5C(O)CCN5C)nc4c2F)NCCNCCC(C)O3)c1C(F)(F)F. The van der Waals surface area contributed by atoms with E-state index in [0.29, 0.717) is 45.1 Å². The number of halogens is 5. The third-order valence-electron chi connectivity index (χ3n) is 7.60. The highest BCUT2D eigenvalue weighted by molar-refractivity contribution is 5.96. The predicted octanol–water partition coefficient (Wildman–Crippen LogP) is 4.52. The lowest BCUT2D eigenvalue weighted by atomic mass is 9.96. The molecule has 5 rings (SSSR count). The Hall–Kier alpha value is -3.56. The molecule has 1 fully saturated rings. The van der Waals surface area contributed by atoms with Crippen LogP contribution >= 0.6 is 0 Å². The van der Waals surface area contributed by atoms with E-state index in [1.54, 1.807) is 6.92 Å². The third-order valence-corrected chi connectivity index (χ3v) is 7.60. The van der Waals surface area contributed by atoms with Crippen LogP contribution in [0.4, 0.5) is 33.5 Å². The fraction of sp³-hybridized carbons (Fsp3) is 0.552. The molecule has 3 unspecified atom stereocenters. The van der Waals surface area contributed by atoms with E-state index in [2.05, 4.69) is 25.6 Å². The molecule has 0 aliphatic carbocycles. The highest BCUT2D eigenvalue weighted by Crippen LogP contribution is 2.44. The van der Waals surface area contributed by atoms with Crippen LogP contribution in [0.3, 0.4) is 0 Å². The number of pyridine rings is 1. The fourth-order valence-corrected chi connectivity index (χ4v) is 5.28. The molecule has 2 aliphatic rings. The lowest BCUT2D eigenvalue weighted by molar-refractivity contribution is -0.137. The number of likely N-dealkylation sites (N-methyl/N-ethyl adjacent to an activating group) is 1. The number of rotatable bonds is 4. The zero-order valence-electron chi connectivity index (χ0n) is 25.3. The quantitative estimate of drug-likeness (QED) is 0.242. The molecule has 3 atom stereocenters. The van der Waals surface area contributed by atoms with E-state index in [0.717, 1.165) is 6.92 Å². The molecule has 3 aromatic rings. The number of nitrogens with two attached hydrogens (primary N) is 1. The van der Waals surface area contributed by atoms with Crippen molar-refractivity contribution in [2.45, 2.75) is 65.0 Å². The number of nitrogens with one attached hydrogen (secondary N) is 2. The molecule has 5 N–H and O–H groups in total. The summed E-state index contributed by atoms with van der Waals surface area (Å²) in [6.07, 6.45) is -5.12. The van der Waals surface area contributed by atoms with Crippen LogP contribution in [0.1, 0.15) is 44.7 Å². The van der Waals surface area contributed by atoms with Crippen LogP contribution in [-0.2, 0) is 6.18 Å². The van der Waals surface area contributed by atoms with Gasteiger partial charge in [-0.1, -0.05) is 13.8 Å². The molecule has 15 heteroatoms. The zero-order valence-corrected chi connectivity index (χ0v) is 25.3. The van der Waals surface area contributed by atoms with Crippen molar-refractivity contribution in [2.75, 3.05) is 50.9 Å². The molecule has 2 aliphatic heterocycles. The number of hydrogen-bond acceptors (Lipinski definition) is 10. The van der Waals surface area contributed by atoms with Gasteiger partial charge in [0.05, 0.1) is 29.5 Å². The lowest BCUT2D eigenvalue weighted by Crippen LogP contribution is -2.37. The summed E-state index contributed by atoms with van der Waals surface area (Å²) in [5.74, 6) is -2.58. The highest BCUT2D eigenvalue weighted by atomic mass is 19.4. The van der Waals surface area contributed by atoms with E-state index in [4.69, 9.17) is 15.2 Å². The van der Waals surface area contributed by atoms with Gasteiger partial charge in [0, 0.05) is 25.2 Å². The van der Waals surface area contributed by atoms with E-state index in [9.17, 15) is 22.7 Å². The van der Waals surface area contributed by atoms with Crippen molar-refractivity contribution in [3.8, 4) is 23.1 Å². The van der Waals surface area contributed by atoms with E-state index in [-0.39, 0.29) is 35.7 Å². The van der Waals surface area contributed by atoms with E-state index in [1.165, 1.54) is 0 Å². The molecule has 44 heavy (non-hydrogen) atoms. The average Bonchev–Trinajstić information content (AvgIpc) is 3.28. The van der Waals surface area contributed by atoms with Crippen LogP contribution in [0, 0.1) is 18.6 Å². The zero-order chi connectivity index (χ0) is 32.3. The van der Waals surface area contributed by atoms with Gasteiger partial charge in [-0.3, -0.25) is 4.90 Å². The van der Waals surface area contributed by atoms with Crippen molar-refractivity contribution in [3.05, 3.63) is 28.8 Å². The average molecular weight is 628 g/mol. The first kappa shape index (κ1) is 33.3. The van der Waals surface area contributed by atoms with Crippen molar-refractivity contribution in [1.82, 2.24) is 25.2 Å². The van der Waals surface area contributed by atoms with Gasteiger partial charge in [0.15, 0.2) is 5.82 Å². The molecule has 1 saturated heterocycles. The number of likely N-dealkylation sites (tertiary alicyclic amines) is 1. The topological polar surface area (TPSA) is 131 Å². The van der Waals surface area contributed by atoms with Crippen LogP contribution in [0.15, 0.2) is 6.07 Å². The van der Waals surface area contributed by atoms with Gasteiger partial charge in [0.2, 0.25) is 5.88 Å². The monoisotopic (exact) mass is 627 g/mol. The number of nitrogen functional groups attached to an aromatic ring is 1. The second-order valence-electron chi connectivity index (χ2n) is 10.6. The number of aliphatic hydroxyl groups is 1. The smallest absolute Gasteiger partial charge is 0.417 e. The van der Waals surface area contributed by atoms with Gasteiger partial charge in [-0.15, -0.1) is 0 Å². The molecule has 242 valence electrons. The van der Waals surface area contributed by atoms with Crippen LogP contribution in [0.2, 0.25) is 0 Å². The maximum absolute atomic E-state index is 16.4. The van der Waals surface area contributed by atoms with Gasteiger partial charge >= 0.3 is 12.2 Å². The maximum Gasteiger partial charge on any atom is 0.417 e. The minimum absolute atomic E-state index is 0.00994. The van der Waals surface area contributed by atoms with Gasteiger partial charge in [-0.2, -0.15) is 23.1 Å². The summed E-state index contributed by atoms with van der Waals surface area (Å²) in [5, 5.41) is 16.6. The first-order chi connectivity index (χ1) is 20.9. The Morgan fingerprint density at radius 3 is 2.50 bits per heavy atom. The van der Waals surface area contributed by atoms with Crippen molar-refractivity contribution in [2.24, 2.45) is 0 Å². The van der Waals surface area contributed by atoms with Gasteiger partial charge in [-0.25, -0.2) is 13.8 Å². The summed E-state index contributed by atoms with van der Waals surface area (Å²) in [6, 6.07) is 0.0836. The summed E-state index contributed by atoms with van der Waals surface area (Å²) in [5.41, 5.74) is 0.967. The van der Waals surface area contributed by atoms with E-state index < -0.39 is 63.6 Å². The Balaban J connectivity index is 0.00000216. The minimum Gasteiger partial charge on any atom is -0.474 e. The maximum atomic E-state index is 16.4. The van der Waals surface area contributed by atoms with Crippen molar-refractivity contribution >= 4 is 22.4 Å². The van der Waals surface area contributed by atoms with Gasteiger partial charge in [0.25, 0.3) is 0 Å². The molecule has 2 aromatic heterocycles. The Morgan fingerprint density at radius 2 is 1.84 bits per heavy atom. The lowest BCUT2D eigenvalue weighted by Gasteiger charge is -2.22. The minimum atomic E-state index is -5.06. The number of alkyl halides is 3. The molecule has 0 saturated carbocycles. The summed E-state index contributed by atoms with van der Waals surface area (Å²) in [7, 11) is 1.82. The third kappa shape index (κ3) is 6.74. The number of nitrogens with zero attached hydrogens (tertiary/aromatic N) is 4. The standard InChI is InChI=1S/C27H32F5N7O3.C2H6/c1-12-4-6-34-7-8-35-24-18-23(37-26(38-24)41-11-16-17(40)5-9-39(16)3)21(29)22(36-25(18)42-12)14-10-15(33)20(28)13(2)19(14)27(30,31)32;1-2/h10,12,16-17,34,40H,4-9,11,33H2,1-3H3,(H,35,37,38);1-2H3. The molecule has 0 bridgehead atoms. The van der Waals surface area contributed by atoms with Crippen molar-refractivity contribution < 1.29 is 36.5 Å².